The van der Waals surface area contributed by atoms with E-state index in [1.54, 1.807) is 25.3 Å². The summed E-state index contributed by atoms with van der Waals surface area (Å²) in [6.45, 7) is 6.38. The van der Waals surface area contributed by atoms with Crippen LogP contribution in [0.4, 0.5) is 0 Å². The summed E-state index contributed by atoms with van der Waals surface area (Å²) >= 11 is 0. The minimum atomic E-state index is -1.04. The van der Waals surface area contributed by atoms with Crippen LogP contribution in [0.1, 0.15) is 37.8 Å². The van der Waals surface area contributed by atoms with Crippen molar-refractivity contribution in [1.82, 2.24) is 14.8 Å². The largest absolute Gasteiger partial charge is 0.480 e. The van der Waals surface area contributed by atoms with Crippen molar-refractivity contribution >= 4 is 5.97 Å². The van der Waals surface area contributed by atoms with Crippen LogP contribution in [0.15, 0.2) is 0 Å². The molecular formula is C11H17N3O3. The van der Waals surface area contributed by atoms with E-state index in [0.717, 1.165) is 6.42 Å². The summed E-state index contributed by atoms with van der Waals surface area (Å²) in [5.41, 5.74) is -1.04. The Morgan fingerprint density at radius 3 is 2.76 bits per heavy atom. The highest BCUT2D eigenvalue weighted by molar-refractivity contribution is 5.75. The second-order valence-corrected chi connectivity index (χ2v) is 4.87. The third kappa shape index (κ3) is 1.93. The molecule has 1 atom stereocenters. The number of hydrogen-bond donors (Lipinski definition) is 1. The van der Waals surface area contributed by atoms with Gasteiger partial charge in [-0.3, -0.25) is 4.57 Å². The van der Waals surface area contributed by atoms with Crippen molar-refractivity contribution in [3.05, 3.63) is 11.6 Å². The first-order valence-electron chi connectivity index (χ1n) is 5.68. The number of nitrogens with zero attached hydrogens (tertiary/aromatic N) is 3. The third-order valence-electron chi connectivity index (χ3n) is 3.23. The molecule has 94 valence electrons. The van der Waals surface area contributed by atoms with Crippen LogP contribution in [0.3, 0.4) is 0 Å². The molecule has 0 saturated carbocycles. The first kappa shape index (κ1) is 12.0. The van der Waals surface area contributed by atoms with Crippen LogP contribution in [0.2, 0.25) is 0 Å². The summed E-state index contributed by atoms with van der Waals surface area (Å²) in [4.78, 5) is 11.3. The van der Waals surface area contributed by atoms with Gasteiger partial charge in [-0.1, -0.05) is 0 Å². The van der Waals surface area contributed by atoms with E-state index in [9.17, 15) is 9.90 Å². The zero-order valence-corrected chi connectivity index (χ0v) is 10.3. The minimum absolute atomic E-state index is 0.148. The van der Waals surface area contributed by atoms with Gasteiger partial charge in [-0.05, 0) is 27.2 Å². The number of hydrogen-bond acceptors (Lipinski definition) is 4. The van der Waals surface area contributed by atoms with Gasteiger partial charge in [0.1, 0.15) is 17.2 Å². The highest BCUT2D eigenvalue weighted by atomic mass is 16.5. The Kier molecular flexibility index (Phi) is 2.91. The second-order valence-electron chi connectivity index (χ2n) is 4.87. The van der Waals surface area contributed by atoms with Crippen LogP contribution in [0.5, 0.6) is 0 Å². The summed E-state index contributed by atoms with van der Waals surface area (Å²) in [7, 11) is 0. The molecule has 1 fully saturated rings. The molecule has 0 bridgehead atoms. The van der Waals surface area contributed by atoms with Gasteiger partial charge in [-0.2, -0.15) is 0 Å². The van der Waals surface area contributed by atoms with Crippen molar-refractivity contribution in [3.8, 4) is 0 Å². The molecule has 2 rings (SSSR count). The van der Waals surface area contributed by atoms with Crippen LogP contribution >= 0.6 is 0 Å². The average Bonchev–Trinajstić information content (AvgIpc) is 2.85. The van der Waals surface area contributed by atoms with Gasteiger partial charge in [-0.25, -0.2) is 4.79 Å². The predicted molar refractivity (Wildman–Crippen MR) is 59.9 cm³/mol. The highest BCUT2D eigenvalue weighted by Crippen LogP contribution is 2.29. The molecule has 1 aliphatic heterocycles. The first-order chi connectivity index (χ1) is 7.94. The lowest BCUT2D eigenvalue weighted by Crippen LogP contribution is -2.38. The van der Waals surface area contributed by atoms with E-state index < -0.39 is 11.5 Å². The maximum absolute atomic E-state index is 11.3. The van der Waals surface area contributed by atoms with Crippen molar-refractivity contribution in [3.63, 3.8) is 0 Å². The molecule has 1 unspecified atom stereocenters. The number of carbonyl (C=O) groups is 1. The van der Waals surface area contributed by atoms with Gasteiger partial charge in [-0.15, -0.1) is 10.2 Å². The van der Waals surface area contributed by atoms with Crippen molar-refractivity contribution in [2.75, 3.05) is 13.2 Å². The standard InChI is InChI=1S/C11H17N3O3/c1-7-12-13-9(8-4-5-17-6-8)14(7)11(2,3)10(15)16/h8H,4-6H2,1-3H3,(H,15,16). The van der Waals surface area contributed by atoms with E-state index >= 15 is 0 Å². The van der Waals surface area contributed by atoms with E-state index in [1.165, 1.54) is 0 Å². The van der Waals surface area contributed by atoms with Crippen LogP contribution < -0.4 is 0 Å². The van der Waals surface area contributed by atoms with Crippen LogP contribution in [-0.4, -0.2) is 39.1 Å². The molecular weight excluding hydrogens is 222 g/mol. The maximum Gasteiger partial charge on any atom is 0.329 e. The molecule has 0 spiro atoms. The fraction of sp³-hybridized carbons (Fsp3) is 0.727. The Bertz CT molecular complexity index is 433. The molecule has 17 heavy (non-hydrogen) atoms. The Morgan fingerprint density at radius 2 is 2.24 bits per heavy atom. The topological polar surface area (TPSA) is 77.2 Å². The average molecular weight is 239 g/mol. The van der Waals surface area contributed by atoms with Gasteiger partial charge in [0.2, 0.25) is 0 Å². The van der Waals surface area contributed by atoms with Gasteiger partial charge in [0.05, 0.1) is 6.61 Å². The zero-order chi connectivity index (χ0) is 12.6. The van der Waals surface area contributed by atoms with Crippen molar-refractivity contribution in [2.24, 2.45) is 0 Å². The van der Waals surface area contributed by atoms with Crippen LogP contribution in [0, 0.1) is 6.92 Å². The molecule has 0 aromatic carbocycles. The summed E-state index contributed by atoms with van der Waals surface area (Å²) in [6, 6.07) is 0. The van der Waals surface area contributed by atoms with Crippen molar-refractivity contribution < 1.29 is 14.6 Å². The van der Waals surface area contributed by atoms with Crippen LogP contribution in [-0.2, 0) is 15.1 Å². The smallest absolute Gasteiger partial charge is 0.329 e. The Hall–Kier alpha value is -1.43. The molecule has 6 heteroatoms. The van der Waals surface area contributed by atoms with Crippen molar-refractivity contribution in [1.29, 1.82) is 0 Å². The number of aryl methyl sites for hydroxylation is 1. The van der Waals surface area contributed by atoms with E-state index in [-0.39, 0.29) is 5.92 Å². The number of aliphatic carboxylic acids is 1. The SMILES string of the molecule is Cc1nnc(C2CCOC2)n1C(C)(C)C(=O)O. The van der Waals surface area contributed by atoms with E-state index in [0.29, 0.717) is 24.9 Å². The Morgan fingerprint density at radius 1 is 1.53 bits per heavy atom. The second kappa shape index (κ2) is 4.10. The molecule has 2 heterocycles. The van der Waals surface area contributed by atoms with Gasteiger partial charge >= 0.3 is 5.97 Å². The monoisotopic (exact) mass is 239 g/mol. The van der Waals surface area contributed by atoms with E-state index in [2.05, 4.69) is 10.2 Å². The molecule has 0 aliphatic carbocycles. The molecule has 1 aliphatic rings. The van der Waals surface area contributed by atoms with E-state index in [1.807, 2.05) is 0 Å². The molecule has 1 aromatic heterocycles. The predicted octanol–water partition coefficient (Wildman–Crippen LogP) is 0.910. The number of aromatic nitrogens is 3. The number of carboxylic acid groups (broad SMARTS) is 1. The summed E-state index contributed by atoms with van der Waals surface area (Å²) in [5, 5.41) is 17.4. The number of rotatable bonds is 3. The lowest BCUT2D eigenvalue weighted by molar-refractivity contribution is -0.145. The molecule has 1 aromatic rings. The fourth-order valence-electron chi connectivity index (χ4n) is 2.17. The van der Waals surface area contributed by atoms with Gasteiger partial charge in [0.25, 0.3) is 0 Å². The van der Waals surface area contributed by atoms with Crippen LogP contribution in [0.25, 0.3) is 0 Å². The Labute approximate surface area is 99.6 Å². The number of ether oxygens (including phenoxy) is 1. The molecule has 0 radical (unpaired) electrons. The quantitative estimate of drug-likeness (QED) is 0.848. The lowest BCUT2D eigenvalue weighted by Gasteiger charge is -2.25. The van der Waals surface area contributed by atoms with Gasteiger partial charge in [0, 0.05) is 12.5 Å². The molecule has 6 nitrogen and oxygen atoms in total. The lowest BCUT2D eigenvalue weighted by atomic mass is 10.0. The van der Waals surface area contributed by atoms with Gasteiger partial charge in [0.15, 0.2) is 0 Å². The summed E-state index contributed by atoms with van der Waals surface area (Å²) in [5.74, 6) is 0.599. The zero-order valence-electron chi connectivity index (χ0n) is 10.3. The molecule has 1 saturated heterocycles. The van der Waals surface area contributed by atoms with E-state index in [4.69, 9.17) is 4.74 Å². The molecule has 1 N–H and O–H groups in total. The summed E-state index contributed by atoms with van der Waals surface area (Å²) < 4.78 is 7.02. The third-order valence-corrected chi connectivity index (χ3v) is 3.23. The first-order valence-corrected chi connectivity index (χ1v) is 5.68. The highest BCUT2D eigenvalue weighted by Gasteiger charge is 2.36. The minimum Gasteiger partial charge on any atom is -0.480 e. The maximum atomic E-state index is 11.3. The summed E-state index contributed by atoms with van der Waals surface area (Å²) in [6.07, 6.45) is 0.869. The van der Waals surface area contributed by atoms with Crippen molar-refractivity contribution in [2.45, 2.75) is 38.6 Å². The Balaban J connectivity index is 2.45. The van der Waals surface area contributed by atoms with Gasteiger partial charge < -0.3 is 9.84 Å². The normalized spacial score (nSPS) is 20.8. The fourth-order valence-corrected chi connectivity index (χ4v) is 2.17. The number of carboxylic acids is 1. The molecule has 0 amide bonds.